The highest BCUT2D eigenvalue weighted by atomic mass is 19.1. The van der Waals surface area contributed by atoms with Gasteiger partial charge in [-0.1, -0.05) is 12.4 Å². The van der Waals surface area contributed by atoms with E-state index in [1.54, 1.807) is 6.08 Å². The highest BCUT2D eigenvalue weighted by Gasteiger charge is 2.36. The molecular weight excluding hydrogens is 304 g/mol. The molecule has 4 atom stereocenters. The van der Waals surface area contributed by atoms with Crippen LogP contribution in [-0.2, 0) is 0 Å². The molecule has 24 heavy (non-hydrogen) atoms. The minimum atomic E-state index is -1.63. The maximum atomic E-state index is 14.0. The smallest absolute Gasteiger partial charge is 0.144 e. The number of halogens is 2. The zero-order chi connectivity index (χ0) is 20.7. The third-order valence-electron chi connectivity index (χ3n) is 5.33. The first-order valence-electron chi connectivity index (χ1n) is 10.6. The van der Waals surface area contributed by atoms with E-state index in [1.807, 2.05) is 0 Å². The Labute approximate surface area is 149 Å². The van der Waals surface area contributed by atoms with Crippen molar-refractivity contribution in [3.8, 4) is 6.07 Å². The minimum absolute atomic E-state index is 0.158. The third-order valence-corrected chi connectivity index (χ3v) is 5.33. The van der Waals surface area contributed by atoms with E-state index in [-0.39, 0.29) is 24.2 Å². The Bertz CT molecular complexity index is 779. The van der Waals surface area contributed by atoms with E-state index in [4.69, 9.17) is 10.7 Å². The van der Waals surface area contributed by atoms with Gasteiger partial charge in [0.2, 0.25) is 0 Å². The second kappa shape index (κ2) is 7.47. The van der Waals surface area contributed by atoms with Gasteiger partial charge in [0.05, 0.1) is 0 Å². The van der Waals surface area contributed by atoms with E-state index in [1.165, 1.54) is 18.2 Å². The van der Waals surface area contributed by atoms with Crippen LogP contribution in [0.2, 0.25) is 0 Å². The monoisotopic (exact) mass is 333 g/mol. The van der Waals surface area contributed by atoms with E-state index in [9.17, 15) is 8.78 Å². The summed E-state index contributed by atoms with van der Waals surface area (Å²) in [7, 11) is 0. The molecule has 2 aliphatic carbocycles. The molecule has 2 aliphatic rings. The van der Waals surface area contributed by atoms with Crippen molar-refractivity contribution in [3.05, 3.63) is 47.5 Å². The Morgan fingerprint density at radius 1 is 1.25 bits per heavy atom. The summed E-state index contributed by atoms with van der Waals surface area (Å²) in [4.78, 5) is 0. The van der Waals surface area contributed by atoms with Gasteiger partial charge in [-0.15, -0.1) is 6.58 Å². The van der Waals surface area contributed by atoms with Crippen LogP contribution in [0.1, 0.15) is 73.8 Å². The van der Waals surface area contributed by atoms with Gasteiger partial charge < -0.3 is 0 Å². The summed E-state index contributed by atoms with van der Waals surface area (Å²) in [6.45, 7) is 3.67. The molecule has 0 aliphatic heterocycles. The molecule has 1 aromatic rings. The van der Waals surface area contributed by atoms with Gasteiger partial charge in [0.25, 0.3) is 0 Å². The molecule has 0 spiro atoms. The van der Waals surface area contributed by atoms with Crippen molar-refractivity contribution in [1.29, 1.82) is 5.26 Å². The summed E-state index contributed by atoms with van der Waals surface area (Å²) in [6.07, 6.45) is 1.38. The fourth-order valence-electron chi connectivity index (χ4n) is 4.03. The largest absolute Gasteiger partial charge is 0.205 e. The molecule has 0 bridgehead atoms. The van der Waals surface area contributed by atoms with Gasteiger partial charge in [-0.25, -0.2) is 8.78 Å². The normalized spacial score (nSPS) is 36.2. The Balaban J connectivity index is 1.85. The molecule has 2 saturated carbocycles. The Morgan fingerprint density at radius 3 is 2.67 bits per heavy atom. The van der Waals surface area contributed by atoms with Gasteiger partial charge in [0.15, 0.2) is 0 Å². The molecule has 2 fully saturated rings. The summed E-state index contributed by atoms with van der Waals surface area (Å²) in [6, 6.07) is 3.93. The van der Waals surface area contributed by atoms with Crippen molar-refractivity contribution >= 4 is 0 Å². The molecule has 0 radical (unpaired) electrons. The molecule has 0 N–H and O–H groups in total. The van der Waals surface area contributed by atoms with Gasteiger partial charge in [-0.05, 0) is 86.3 Å². The fraction of sp³-hybridized carbons (Fsp3) is 0.571. The summed E-state index contributed by atoms with van der Waals surface area (Å²) in [5.41, 5.74) is -0.116. The fourth-order valence-corrected chi connectivity index (χ4v) is 4.03. The number of nitrogens with zero attached hydrogens (tertiary/aromatic N) is 1. The highest BCUT2D eigenvalue weighted by molar-refractivity contribution is 5.36. The lowest BCUT2D eigenvalue weighted by atomic mass is 9.63. The average molecular weight is 333 g/mol. The van der Waals surface area contributed by atoms with Crippen LogP contribution in [-0.4, -0.2) is 0 Å². The zero-order valence-corrected chi connectivity index (χ0v) is 13.7. The zero-order valence-electron chi connectivity index (χ0n) is 17.7. The number of benzene rings is 1. The van der Waals surface area contributed by atoms with Crippen LogP contribution < -0.4 is 0 Å². The number of fused-ring (bicyclic) bond motifs is 1. The number of hydrogen-bond donors (Lipinski definition) is 0. The molecule has 1 aromatic carbocycles. The molecule has 0 amide bonds. The first kappa shape index (κ1) is 12.6. The van der Waals surface area contributed by atoms with Gasteiger partial charge >= 0.3 is 0 Å². The lowest BCUT2D eigenvalue weighted by molar-refractivity contribution is 0.115. The topological polar surface area (TPSA) is 23.8 Å². The lowest BCUT2D eigenvalue weighted by Gasteiger charge is -2.42. The van der Waals surface area contributed by atoms with Crippen molar-refractivity contribution in [1.82, 2.24) is 0 Å². The predicted molar refractivity (Wildman–Crippen MR) is 91.4 cm³/mol. The Kier molecular flexibility index (Phi) is 3.93. The molecule has 128 valence electrons. The third kappa shape index (κ3) is 3.53. The SMILES string of the molecule is [2H]C1([2H])CC2CC(c3cc(F)c(C#N)c(F)c3)CCC2C([2H])([2H])C1CCC=C. The lowest BCUT2D eigenvalue weighted by Crippen LogP contribution is -2.30. The average Bonchev–Trinajstić information content (AvgIpc) is 2.60. The van der Waals surface area contributed by atoms with Gasteiger partial charge in [-0.3, -0.25) is 0 Å². The van der Waals surface area contributed by atoms with Crippen LogP contribution in [0.25, 0.3) is 0 Å². The molecule has 1 nitrogen and oxygen atoms in total. The van der Waals surface area contributed by atoms with Gasteiger partial charge in [0, 0.05) is 5.48 Å². The van der Waals surface area contributed by atoms with Crippen LogP contribution >= 0.6 is 0 Å². The van der Waals surface area contributed by atoms with E-state index >= 15 is 0 Å². The molecular formula is C21H25F2N. The van der Waals surface area contributed by atoms with Crippen LogP contribution in [0, 0.1) is 40.7 Å². The first-order chi connectivity index (χ1) is 13.1. The Morgan fingerprint density at radius 2 is 2.00 bits per heavy atom. The molecule has 3 heteroatoms. The summed E-state index contributed by atoms with van der Waals surface area (Å²) >= 11 is 0. The van der Waals surface area contributed by atoms with Crippen molar-refractivity contribution < 1.29 is 14.3 Å². The van der Waals surface area contributed by atoms with Crippen molar-refractivity contribution in [2.75, 3.05) is 0 Å². The van der Waals surface area contributed by atoms with Crippen LogP contribution in [0.3, 0.4) is 0 Å². The quantitative estimate of drug-likeness (QED) is 0.610. The van der Waals surface area contributed by atoms with E-state index < -0.39 is 35.9 Å². The van der Waals surface area contributed by atoms with Crippen molar-refractivity contribution in [2.45, 2.75) is 57.2 Å². The van der Waals surface area contributed by atoms with E-state index in [2.05, 4.69) is 6.58 Å². The summed E-state index contributed by atoms with van der Waals surface area (Å²) in [5.74, 6) is -3.02. The maximum absolute atomic E-state index is 14.0. The molecule has 0 saturated heterocycles. The van der Waals surface area contributed by atoms with E-state index in [0.29, 0.717) is 37.7 Å². The van der Waals surface area contributed by atoms with Crippen molar-refractivity contribution in [3.63, 3.8) is 0 Å². The minimum Gasteiger partial charge on any atom is -0.205 e. The second-order valence-electron chi connectivity index (χ2n) is 6.84. The van der Waals surface area contributed by atoms with Crippen LogP contribution in [0.5, 0.6) is 0 Å². The van der Waals surface area contributed by atoms with Crippen molar-refractivity contribution in [2.24, 2.45) is 17.8 Å². The summed E-state index contributed by atoms with van der Waals surface area (Å²) < 4.78 is 62.3. The molecule has 0 aromatic heterocycles. The Hall–Kier alpha value is -1.69. The number of hydrogen-bond acceptors (Lipinski definition) is 1. The standard InChI is InChI=1S/C21H25F2N/c1-2-3-4-14-5-6-16-10-17(8-7-15(16)9-14)18-11-20(22)19(13-24)21(23)12-18/h2,11-12,14-17H,1,3-10H2/i5D2,9D2. The van der Waals surface area contributed by atoms with E-state index in [0.717, 1.165) is 0 Å². The van der Waals surface area contributed by atoms with Crippen LogP contribution in [0.4, 0.5) is 8.78 Å². The number of nitriles is 1. The molecule has 0 heterocycles. The maximum Gasteiger partial charge on any atom is 0.144 e. The van der Waals surface area contributed by atoms with Gasteiger partial charge in [0.1, 0.15) is 23.3 Å². The van der Waals surface area contributed by atoms with Gasteiger partial charge in [-0.2, -0.15) is 5.26 Å². The number of allylic oxidation sites excluding steroid dienone is 1. The molecule has 3 rings (SSSR count). The number of rotatable bonds is 4. The first-order valence-corrected chi connectivity index (χ1v) is 8.61. The second-order valence-corrected chi connectivity index (χ2v) is 6.84. The highest BCUT2D eigenvalue weighted by Crippen LogP contribution is 2.48. The molecule has 4 unspecified atom stereocenters. The summed E-state index contributed by atoms with van der Waals surface area (Å²) in [5, 5.41) is 8.84. The predicted octanol–water partition coefficient (Wildman–Crippen LogP) is 6.10. The van der Waals surface area contributed by atoms with Crippen LogP contribution in [0.15, 0.2) is 24.8 Å².